The Morgan fingerprint density at radius 3 is 2.53 bits per heavy atom. The van der Waals surface area contributed by atoms with Gasteiger partial charge in [0.15, 0.2) is 0 Å². The molecule has 0 amide bonds. The predicted octanol–water partition coefficient (Wildman–Crippen LogP) is 2.43. The molecule has 0 aliphatic rings. The highest BCUT2D eigenvalue weighted by atomic mass is 16.5. The van der Waals surface area contributed by atoms with Crippen molar-refractivity contribution in [3.8, 4) is 18.1 Å². The van der Waals surface area contributed by atoms with Crippen molar-refractivity contribution < 1.29 is 4.74 Å². The second-order valence-electron chi connectivity index (χ2n) is 3.23. The van der Waals surface area contributed by atoms with Crippen LogP contribution in [0.15, 0.2) is 36.4 Å². The molecule has 2 rings (SSSR count). The zero-order valence-electron chi connectivity index (χ0n) is 8.23. The molecule has 2 aromatic rings. The number of nitrogen functional groups attached to an aromatic ring is 1. The van der Waals surface area contributed by atoms with Gasteiger partial charge in [-0.25, -0.2) is 0 Å². The van der Waals surface area contributed by atoms with E-state index in [-0.39, 0.29) is 6.61 Å². The smallest absolute Gasteiger partial charge is 0.148 e. The van der Waals surface area contributed by atoms with E-state index < -0.39 is 0 Å². The van der Waals surface area contributed by atoms with Gasteiger partial charge in [-0.3, -0.25) is 0 Å². The summed E-state index contributed by atoms with van der Waals surface area (Å²) in [4.78, 5) is 0. The lowest BCUT2D eigenvalue weighted by Gasteiger charge is -2.07. The van der Waals surface area contributed by atoms with E-state index in [2.05, 4.69) is 5.92 Å². The van der Waals surface area contributed by atoms with Crippen LogP contribution in [0.4, 0.5) is 5.69 Å². The number of benzene rings is 2. The van der Waals surface area contributed by atoms with Crippen molar-refractivity contribution >= 4 is 16.5 Å². The van der Waals surface area contributed by atoms with Gasteiger partial charge in [0, 0.05) is 0 Å². The van der Waals surface area contributed by atoms with Gasteiger partial charge in [0.2, 0.25) is 0 Å². The van der Waals surface area contributed by atoms with E-state index in [1.165, 1.54) is 0 Å². The van der Waals surface area contributed by atoms with Crippen molar-refractivity contribution in [2.45, 2.75) is 0 Å². The molecule has 0 saturated heterocycles. The van der Waals surface area contributed by atoms with Crippen LogP contribution in [0, 0.1) is 12.3 Å². The van der Waals surface area contributed by atoms with Crippen molar-refractivity contribution in [2.75, 3.05) is 12.3 Å². The molecule has 0 radical (unpaired) electrons. The van der Waals surface area contributed by atoms with Gasteiger partial charge < -0.3 is 10.5 Å². The summed E-state index contributed by atoms with van der Waals surface area (Å²) in [5.41, 5.74) is 6.45. The van der Waals surface area contributed by atoms with Gasteiger partial charge in [-0.05, 0) is 22.9 Å². The second kappa shape index (κ2) is 3.93. The molecule has 0 bridgehead atoms. The van der Waals surface area contributed by atoms with Crippen LogP contribution >= 0.6 is 0 Å². The van der Waals surface area contributed by atoms with Gasteiger partial charge in [-0.15, -0.1) is 6.42 Å². The standard InChI is InChI=1S/C13H11NO/c1-2-7-15-13-9-11-6-4-3-5-10(11)8-12(13)14/h1,3-6,8-9H,7,14H2. The Morgan fingerprint density at radius 1 is 1.20 bits per heavy atom. The quantitative estimate of drug-likeness (QED) is 0.592. The highest BCUT2D eigenvalue weighted by Crippen LogP contribution is 2.27. The summed E-state index contributed by atoms with van der Waals surface area (Å²) in [6, 6.07) is 11.8. The average molecular weight is 197 g/mol. The van der Waals surface area contributed by atoms with Crippen LogP contribution in [0.2, 0.25) is 0 Å². The number of rotatable bonds is 2. The molecule has 0 unspecified atom stereocenters. The second-order valence-corrected chi connectivity index (χ2v) is 3.23. The number of anilines is 1. The van der Waals surface area contributed by atoms with Crippen LogP contribution in [0.5, 0.6) is 5.75 Å². The average Bonchev–Trinajstić information content (AvgIpc) is 2.26. The largest absolute Gasteiger partial charge is 0.479 e. The molecule has 0 fully saturated rings. The summed E-state index contributed by atoms with van der Waals surface area (Å²) in [5.74, 6) is 3.06. The van der Waals surface area contributed by atoms with Gasteiger partial charge in [0.1, 0.15) is 12.4 Å². The molecule has 0 atom stereocenters. The Labute approximate surface area is 88.7 Å². The molecule has 2 heteroatoms. The van der Waals surface area contributed by atoms with Gasteiger partial charge in [-0.1, -0.05) is 30.2 Å². The lowest BCUT2D eigenvalue weighted by molar-refractivity contribution is 0.373. The first kappa shape index (κ1) is 9.42. The number of ether oxygens (including phenoxy) is 1. The van der Waals surface area contributed by atoms with Gasteiger partial charge in [0.25, 0.3) is 0 Å². The summed E-state index contributed by atoms with van der Waals surface area (Å²) in [5, 5.41) is 2.20. The number of hydrogen-bond acceptors (Lipinski definition) is 2. The highest BCUT2D eigenvalue weighted by molar-refractivity contribution is 5.88. The molecule has 0 aromatic heterocycles. The molecule has 2 nitrogen and oxygen atoms in total. The van der Waals surface area contributed by atoms with E-state index in [1.54, 1.807) is 0 Å². The maximum Gasteiger partial charge on any atom is 0.148 e. The van der Waals surface area contributed by atoms with Crippen LogP contribution in [-0.4, -0.2) is 6.61 Å². The first-order valence-electron chi connectivity index (χ1n) is 4.66. The summed E-state index contributed by atoms with van der Waals surface area (Å²) >= 11 is 0. The maximum atomic E-state index is 5.83. The number of nitrogens with two attached hydrogens (primary N) is 1. The normalized spacial score (nSPS) is 9.80. The first-order valence-corrected chi connectivity index (χ1v) is 4.66. The summed E-state index contributed by atoms with van der Waals surface area (Å²) in [6.45, 7) is 0.239. The monoisotopic (exact) mass is 197 g/mol. The molecule has 0 aliphatic heterocycles. The Bertz CT molecular complexity index is 526. The van der Waals surface area contributed by atoms with Crippen molar-refractivity contribution in [3.05, 3.63) is 36.4 Å². The summed E-state index contributed by atoms with van der Waals surface area (Å²) in [7, 11) is 0. The third kappa shape index (κ3) is 1.87. The number of fused-ring (bicyclic) bond motifs is 1. The predicted molar refractivity (Wildman–Crippen MR) is 62.7 cm³/mol. The van der Waals surface area contributed by atoms with Crippen LogP contribution < -0.4 is 10.5 Å². The Balaban J connectivity index is 2.48. The van der Waals surface area contributed by atoms with Crippen molar-refractivity contribution in [1.82, 2.24) is 0 Å². The van der Waals surface area contributed by atoms with Crippen LogP contribution in [0.25, 0.3) is 10.8 Å². The Kier molecular flexibility index (Phi) is 2.47. The fraction of sp³-hybridized carbons (Fsp3) is 0.0769. The molecule has 74 valence electrons. The lowest BCUT2D eigenvalue weighted by Crippen LogP contribution is -1.97. The SMILES string of the molecule is C#CCOc1cc2ccccc2cc1N. The molecule has 15 heavy (non-hydrogen) atoms. The highest BCUT2D eigenvalue weighted by Gasteiger charge is 2.01. The minimum absolute atomic E-state index is 0.239. The van der Waals surface area contributed by atoms with Crippen LogP contribution in [0.3, 0.4) is 0 Å². The van der Waals surface area contributed by atoms with Gasteiger partial charge >= 0.3 is 0 Å². The summed E-state index contributed by atoms with van der Waals surface area (Å²) < 4.78 is 5.33. The third-order valence-corrected chi connectivity index (χ3v) is 2.19. The minimum Gasteiger partial charge on any atom is -0.479 e. The first-order chi connectivity index (χ1) is 7.31. The topological polar surface area (TPSA) is 35.2 Å². The Morgan fingerprint density at radius 2 is 1.87 bits per heavy atom. The van der Waals surface area contributed by atoms with Gasteiger partial charge in [-0.2, -0.15) is 0 Å². The fourth-order valence-corrected chi connectivity index (χ4v) is 1.48. The molecule has 2 aromatic carbocycles. The van der Waals surface area contributed by atoms with E-state index in [0.29, 0.717) is 11.4 Å². The van der Waals surface area contributed by atoms with Crippen molar-refractivity contribution in [3.63, 3.8) is 0 Å². The minimum atomic E-state index is 0.239. The lowest BCUT2D eigenvalue weighted by atomic mass is 10.1. The molecule has 0 spiro atoms. The maximum absolute atomic E-state index is 5.83. The van der Waals surface area contributed by atoms with Gasteiger partial charge in [0.05, 0.1) is 5.69 Å². The fourth-order valence-electron chi connectivity index (χ4n) is 1.48. The van der Waals surface area contributed by atoms with E-state index in [0.717, 1.165) is 10.8 Å². The van der Waals surface area contributed by atoms with Crippen LogP contribution in [-0.2, 0) is 0 Å². The zero-order chi connectivity index (χ0) is 10.7. The molecule has 2 N–H and O–H groups in total. The third-order valence-electron chi connectivity index (χ3n) is 2.19. The molecular formula is C13H11NO. The van der Waals surface area contributed by atoms with E-state index in [1.807, 2.05) is 36.4 Å². The molecule has 0 aliphatic carbocycles. The number of terminal acetylenes is 1. The Hall–Kier alpha value is -2.14. The van der Waals surface area contributed by atoms with Crippen molar-refractivity contribution in [2.24, 2.45) is 0 Å². The van der Waals surface area contributed by atoms with E-state index in [9.17, 15) is 0 Å². The van der Waals surface area contributed by atoms with E-state index in [4.69, 9.17) is 16.9 Å². The zero-order valence-corrected chi connectivity index (χ0v) is 8.23. The molecule has 0 saturated carbocycles. The summed E-state index contributed by atoms with van der Waals surface area (Å²) in [6.07, 6.45) is 5.12. The van der Waals surface area contributed by atoms with Crippen molar-refractivity contribution in [1.29, 1.82) is 0 Å². The van der Waals surface area contributed by atoms with Crippen LogP contribution in [0.1, 0.15) is 0 Å². The number of hydrogen-bond donors (Lipinski definition) is 1. The molecule has 0 heterocycles. The van der Waals surface area contributed by atoms with E-state index >= 15 is 0 Å². The molecular weight excluding hydrogens is 186 g/mol.